The van der Waals surface area contributed by atoms with Gasteiger partial charge in [0.05, 0.1) is 4.70 Å². The smallest absolute Gasteiger partial charge is 0.220 e. The van der Waals surface area contributed by atoms with Gasteiger partial charge in [-0.1, -0.05) is 37.3 Å². The van der Waals surface area contributed by atoms with E-state index < -0.39 is 0 Å². The standard InChI is InChI=1S/C26H32N4OS/c1-2-5-25(31)27-22-17-20-9-8-19(16-21(20)18-22)10-11-29-12-14-30(15-13-29)26-23-6-3-4-7-24(23)32-28-26/h3-4,6-9,16,22H,2,5,10-15,17-18H2,1H3,(H,27,31). The summed E-state index contributed by atoms with van der Waals surface area (Å²) in [6.07, 6.45) is 4.56. The van der Waals surface area contributed by atoms with E-state index in [9.17, 15) is 4.79 Å². The van der Waals surface area contributed by atoms with Crippen LogP contribution in [0.5, 0.6) is 0 Å². The Bertz CT molecular complexity index is 1090. The van der Waals surface area contributed by atoms with E-state index in [0.29, 0.717) is 6.42 Å². The predicted molar refractivity (Wildman–Crippen MR) is 133 cm³/mol. The zero-order valence-corrected chi connectivity index (χ0v) is 19.7. The number of rotatable bonds is 7. The highest BCUT2D eigenvalue weighted by Crippen LogP contribution is 2.30. The molecule has 0 bridgehead atoms. The van der Waals surface area contributed by atoms with Crippen molar-refractivity contribution in [1.29, 1.82) is 0 Å². The maximum Gasteiger partial charge on any atom is 0.220 e. The number of fused-ring (bicyclic) bond motifs is 2. The van der Waals surface area contributed by atoms with Gasteiger partial charge in [0, 0.05) is 50.6 Å². The van der Waals surface area contributed by atoms with Crippen molar-refractivity contribution in [2.45, 2.75) is 45.1 Å². The summed E-state index contributed by atoms with van der Waals surface area (Å²) >= 11 is 1.60. The summed E-state index contributed by atoms with van der Waals surface area (Å²) in [5, 5.41) is 4.49. The zero-order chi connectivity index (χ0) is 21.9. The number of anilines is 1. The molecule has 1 amide bonds. The van der Waals surface area contributed by atoms with Crippen LogP contribution in [0.1, 0.15) is 36.5 Å². The van der Waals surface area contributed by atoms with Crippen molar-refractivity contribution in [1.82, 2.24) is 14.6 Å². The summed E-state index contributed by atoms with van der Waals surface area (Å²) < 4.78 is 6.00. The Labute approximate surface area is 194 Å². The van der Waals surface area contributed by atoms with Crippen LogP contribution in [0.2, 0.25) is 0 Å². The molecular formula is C26H32N4OS. The van der Waals surface area contributed by atoms with Crippen molar-refractivity contribution in [3.63, 3.8) is 0 Å². The molecule has 2 aliphatic rings. The Morgan fingerprint density at radius 1 is 1.09 bits per heavy atom. The van der Waals surface area contributed by atoms with E-state index in [2.05, 4.69) is 64.5 Å². The summed E-state index contributed by atoms with van der Waals surface area (Å²) in [6.45, 7) is 7.40. The number of amides is 1. The van der Waals surface area contributed by atoms with Gasteiger partial charge in [0.2, 0.25) is 5.91 Å². The lowest BCUT2D eigenvalue weighted by molar-refractivity contribution is -0.121. The summed E-state index contributed by atoms with van der Waals surface area (Å²) in [6, 6.07) is 15.7. The lowest BCUT2D eigenvalue weighted by Gasteiger charge is -2.35. The molecular weight excluding hydrogens is 416 g/mol. The lowest BCUT2D eigenvalue weighted by Crippen LogP contribution is -2.47. The van der Waals surface area contributed by atoms with Gasteiger partial charge in [-0.05, 0) is 66.0 Å². The first-order valence-electron chi connectivity index (χ1n) is 11.9. The fourth-order valence-electron chi connectivity index (χ4n) is 5.03. The summed E-state index contributed by atoms with van der Waals surface area (Å²) in [5.74, 6) is 1.35. The maximum atomic E-state index is 11.9. The van der Waals surface area contributed by atoms with Gasteiger partial charge in [0.15, 0.2) is 0 Å². The summed E-state index contributed by atoms with van der Waals surface area (Å²) in [4.78, 5) is 17.0. The minimum atomic E-state index is 0.190. The monoisotopic (exact) mass is 448 g/mol. The van der Waals surface area contributed by atoms with E-state index in [-0.39, 0.29) is 11.9 Å². The second-order valence-electron chi connectivity index (χ2n) is 9.11. The molecule has 1 unspecified atom stereocenters. The number of hydrogen-bond donors (Lipinski definition) is 1. The molecule has 2 aromatic carbocycles. The fourth-order valence-corrected chi connectivity index (χ4v) is 5.82. The molecule has 2 heterocycles. The molecule has 0 radical (unpaired) electrons. The van der Waals surface area contributed by atoms with E-state index in [4.69, 9.17) is 4.37 Å². The molecule has 168 valence electrons. The molecule has 1 saturated heterocycles. The molecule has 5 nitrogen and oxygen atoms in total. The Kier molecular flexibility index (Phi) is 6.42. The van der Waals surface area contributed by atoms with Crippen LogP contribution in [0, 0.1) is 0 Å². The number of piperazine rings is 1. The van der Waals surface area contributed by atoms with Crippen molar-refractivity contribution in [2.24, 2.45) is 0 Å². The first kappa shape index (κ1) is 21.4. The van der Waals surface area contributed by atoms with Crippen LogP contribution >= 0.6 is 11.5 Å². The van der Waals surface area contributed by atoms with E-state index in [0.717, 1.165) is 64.2 Å². The highest BCUT2D eigenvalue weighted by Gasteiger charge is 2.24. The first-order chi connectivity index (χ1) is 15.7. The topological polar surface area (TPSA) is 48.5 Å². The average Bonchev–Trinajstić information content (AvgIpc) is 3.41. The Hall–Kier alpha value is -2.44. The highest BCUT2D eigenvalue weighted by molar-refractivity contribution is 7.13. The van der Waals surface area contributed by atoms with E-state index in [1.165, 1.54) is 26.8 Å². The van der Waals surface area contributed by atoms with Gasteiger partial charge in [-0.3, -0.25) is 9.69 Å². The van der Waals surface area contributed by atoms with Gasteiger partial charge in [-0.2, -0.15) is 4.37 Å². The third-order valence-electron chi connectivity index (χ3n) is 6.79. The van der Waals surface area contributed by atoms with Gasteiger partial charge in [0.1, 0.15) is 5.82 Å². The Morgan fingerprint density at radius 2 is 1.91 bits per heavy atom. The molecule has 0 saturated carbocycles. The van der Waals surface area contributed by atoms with Crippen LogP contribution in [0.25, 0.3) is 10.1 Å². The lowest BCUT2D eigenvalue weighted by atomic mass is 10.0. The largest absolute Gasteiger partial charge is 0.353 e. The second kappa shape index (κ2) is 9.59. The number of nitrogens with zero attached hydrogens (tertiary/aromatic N) is 3. The minimum Gasteiger partial charge on any atom is -0.353 e. The summed E-state index contributed by atoms with van der Waals surface area (Å²) in [5.41, 5.74) is 4.24. The fraction of sp³-hybridized carbons (Fsp3) is 0.462. The molecule has 5 rings (SSSR count). The van der Waals surface area contributed by atoms with Gasteiger partial charge in [-0.25, -0.2) is 0 Å². The number of aromatic nitrogens is 1. The number of benzene rings is 2. The normalized spacial score (nSPS) is 18.8. The van der Waals surface area contributed by atoms with E-state index >= 15 is 0 Å². The predicted octanol–water partition coefficient (Wildman–Crippen LogP) is 4.04. The molecule has 1 atom stereocenters. The van der Waals surface area contributed by atoms with Crippen LogP contribution < -0.4 is 10.2 Å². The molecule has 1 aliphatic heterocycles. The van der Waals surface area contributed by atoms with Gasteiger partial charge in [0.25, 0.3) is 0 Å². The van der Waals surface area contributed by atoms with E-state index in [1.54, 1.807) is 11.5 Å². The molecule has 32 heavy (non-hydrogen) atoms. The SMILES string of the molecule is CCCC(=O)NC1Cc2ccc(CCN3CCN(c4nsc5ccccc45)CC3)cc2C1. The molecule has 6 heteroatoms. The van der Waals surface area contributed by atoms with Crippen molar-refractivity contribution < 1.29 is 4.79 Å². The number of carbonyl (C=O) groups is 1. The third-order valence-corrected chi connectivity index (χ3v) is 7.61. The van der Waals surface area contributed by atoms with Gasteiger partial charge in [-0.15, -0.1) is 0 Å². The molecule has 0 spiro atoms. The number of carbonyl (C=O) groups excluding carboxylic acids is 1. The van der Waals surface area contributed by atoms with Crippen LogP contribution in [-0.4, -0.2) is 53.9 Å². The average molecular weight is 449 g/mol. The van der Waals surface area contributed by atoms with Crippen LogP contribution in [0.4, 0.5) is 5.82 Å². The molecule has 3 aromatic rings. The van der Waals surface area contributed by atoms with Crippen molar-refractivity contribution in [3.8, 4) is 0 Å². The first-order valence-corrected chi connectivity index (χ1v) is 12.7. The van der Waals surface area contributed by atoms with Crippen molar-refractivity contribution in [3.05, 3.63) is 59.2 Å². The molecule has 1 N–H and O–H groups in total. The van der Waals surface area contributed by atoms with Crippen LogP contribution in [0.3, 0.4) is 0 Å². The second-order valence-corrected chi connectivity index (χ2v) is 9.91. The van der Waals surface area contributed by atoms with Crippen molar-refractivity contribution >= 4 is 33.3 Å². The quantitative estimate of drug-likeness (QED) is 0.593. The van der Waals surface area contributed by atoms with E-state index in [1.807, 2.05) is 0 Å². The number of nitrogens with one attached hydrogen (secondary N) is 1. The number of hydrogen-bond acceptors (Lipinski definition) is 5. The van der Waals surface area contributed by atoms with Gasteiger partial charge >= 0.3 is 0 Å². The summed E-state index contributed by atoms with van der Waals surface area (Å²) in [7, 11) is 0. The zero-order valence-electron chi connectivity index (χ0n) is 18.8. The Balaban J connectivity index is 1.12. The maximum absolute atomic E-state index is 11.9. The molecule has 1 aliphatic carbocycles. The third kappa shape index (κ3) is 4.66. The molecule has 1 fully saturated rings. The van der Waals surface area contributed by atoms with Crippen molar-refractivity contribution in [2.75, 3.05) is 37.6 Å². The van der Waals surface area contributed by atoms with Gasteiger partial charge < -0.3 is 10.2 Å². The molecule has 1 aromatic heterocycles. The Morgan fingerprint density at radius 3 is 2.75 bits per heavy atom. The highest BCUT2D eigenvalue weighted by atomic mass is 32.1. The minimum absolute atomic E-state index is 0.190. The van der Waals surface area contributed by atoms with Crippen LogP contribution in [-0.2, 0) is 24.1 Å². The van der Waals surface area contributed by atoms with Crippen LogP contribution in [0.15, 0.2) is 42.5 Å².